The Bertz CT molecular complexity index is 588. The molecular formula is C13H20N4O2. The molecule has 19 heavy (non-hydrogen) atoms. The van der Waals surface area contributed by atoms with E-state index in [0.717, 1.165) is 12.0 Å². The van der Waals surface area contributed by atoms with Gasteiger partial charge in [-0.2, -0.15) is 0 Å². The van der Waals surface area contributed by atoms with Crippen molar-refractivity contribution in [2.24, 2.45) is 5.92 Å². The van der Waals surface area contributed by atoms with E-state index in [9.17, 15) is 9.90 Å². The van der Waals surface area contributed by atoms with Gasteiger partial charge in [-0.1, -0.05) is 13.8 Å². The van der Waals surface area contributed by atoms with Crippen LogP contribution in [0.2, 0.25) is 0 Å². The van der Waals surface area contributed by atoms with Crippen molar-refractivity contribution in [2.45, 2.75) is 32.9 Å². The molecule has 0 saturated heterocycles. The second-order valence-corrected chi connectivity index (χ2v) is 5.16. The van der Waals surface area contributed by atoms with Crippen molar-refractivity contribution >= 4 is 11.0 Å². The summed E-state index contributed by atoms with van der Waals surface area (Å²) < 4.78 is 0. The summed E-state index contributed by atoms with van der Waals surface area (Å²) in [5, 5.41) is 12.6. The molecule has 2 rings (SSSR count). The number of aliphatic hydroxyl groups is 1. The number of nitrogens with one attached hydrogen (secondary N) is 3. The van der Waals surface area contributed by atoms with Gasteiger partial charge in [-0.15, -0.1) is 0 Å². The average molecular weight is 264 g/mol. The highest BCUT2D eigenvalue weighted by Gasteiger charge is 2.12. The van der Waals surface area contributed by atoms with Gasteiger partial charge in [0.1, 0.15) is 5.52 Å². The van der Waals surface area contributed by atoms with Crippen molar-refractivity contribution < 1.29 is 5.11 Å². The first-order chi connectivity index (χ1) is 9.11. The number of fused-ring (bicyclic) bond motifs is 1. The Morgan fingerprint density at radius 3 is 2.89 bits per heavy atom. The fourth-order valence-electron chi connectivity index (χ4n) is 2.19. The van der Waals surface area contributed by atoms with Crippen LogP contribution in [0.15, 0.2) is 17.3 Å². The Balaban J connectivity index is 2.09. The Morgan fingerprint density at radius 2 is 2.21 bits per heavy atom. The van der Waals surface area contributed by atoms with Gasteiger partial charge in [-0.3, -0.25) is 4.79 Å². The van der Waals surface area contributed by atoms with Crippen LogP contribution in [0.4, 0.5) is 0 Å². The maximum atomic E-state index is 11.5. The van der Waals surface area contributed by atoms with Crippen LogP contribution in [-0.2, 0) is 6.54 Å². The molecule has 0 aromatic carbocycles. The zero-order chi connectivity index (χ0) is 13.8. The smallest absolute Gasteiger partial charge is 0.275 e. The van der Waals surface area contributed by atoms with E-state index >= 15 is 0 Å². The van der Waals surface area contributed by atoms with Crippen LogP contribution in [-0.4, -0.2) is 32.7 Å². The van der Waals surface area contributed by atoms with Gasteiger partial charge in [0.05, 0.1) is 18.5 Å². The number of rotatable bonds is 6. The van der Waals surface area contributed by atoms with Gasteiger partial charge in [0, 0.05) is 24.3 Å². The highest BCUT2D eigenvalue weighted by atomic mass is 16.3. The Labute approximate surface area is 111 Å². The van der Waals surface area contributed by atoms with E-state index in [1.165, 1.54) is 6.33 Å². The molecule has 1 atom stereocenters. The first kappa shape index (κ1) is 13.8. The number of hydrogen-bond donors (Lipinski definition) is 4. The topological polar surface area (TPSA) is 93.8 Å². The van der Waals surface area contributed by atoms with E-state index in [1.54, 1.807) is 6.20 Å². The molecule has 0 aliphatic heterocycles. The van der Waals surface area contributed by atoms with E-state index in [4.69, 9.17) is 0 Å². The lowest BCUT2D eigenvalue weighted by molar-refractivity contribution is 0.223. The summed E-state index contributed by atoms with van der Waals surface area (Å²) in [7, 11) is 0. The minimum Gasteiger partial charge on any atom is -0.395 e. The number of nitrogens with zero attached hydrogens (tertiary/aromatic N) is 1. The molecule has 0 radical (unpaired) electrons. The van der Waals surface area contributed by atoms with E-state index in [1.807, 2.05) is 0 Å². The number of aromatic amines is 2. The quantitative estimate of drug-likeness (QED) is 0.619. The summed E-state index contributed by atoms with van der Waals surface area (Å²) in [6.45, 7) is 4.93. The average Bonchev–Trinajstić information content (AvgIpc) is 2.79. The van der Waals surface area contributed by atoms with Crippen molar-refractivity contribution in [1.82, 2.24) is 20.3 Å². The summed E-state index contributed by atoms with van der Waals surface area (Å²) in [5.41, 5.74) is 1.93. The standard InChI is InChI=1S/C13H20N4O2/c1-8(2)3-10(6-18)14-4-9-5-15-12-11(9)16-7-17-13(12)19/h5,7-8,10,14-15,18H,3-4,6H2,1-2H3,(H,16,17,19). The van der Waals surface area contributed by atoms with Crippen LogP contribution in [0.3, 0.4) is 0 Å². The van der Waals surface area contributed by atoms with Gasteiger partial charge in [-0.25, -0.2) is 4.98 Å². The largest absolute Gasteiger partial charge is 0.395 e. The molecule has 2 aromatic heterocycles. The Hall–Kier alpha value is -1.66. The van der Waals surface area contributed by atoms with Crippen molar-refractivity contribution in [3.63, 3.8) is 0 Å². The minimum absolute atomic E-state index is 0.0620. The van der Waals surface area contributed by atoms with Gasteiger partial charge in [0.2, 0.25) is 0 Å². The minimum atomic E-state index is -0.169. The molecule has 0 saturated carbocycles. The van der Waals surface area contributed by atoms with E-state index in [0.29, 0.717) is 23.5 Å². The molecule has 104 valence electrons. The molecule has 6 heteroatoms. The summed E-state index contributed by atoms with van der Waals surface area (Å²) >= 11 is 0. The van der Waals surface area contributed by atoms with Gasteiger partial charge in [0.15, 0.2) is 0 Å². The number of aromatic nitrogens is 3. The van der Waals surface area contributed by atoms with Crippen molar-refractivity contribution in [3.05, 3.63) is 28.4 Å². The highest BCUT2D eigenvalue weighted by molar-refractivity contribution is 5.77. The van der Waals surface area contributed by atoms with Crippen LogP contribution in [0, 0.1) is 5.92 Å². The van der Waals surface area contributed by atoms with Crippen LogP contribution >= 0.6 is 0 Å². The first-order valence-corrected chi connectivity index (χ1v) is 6.49. The predicted molar refractivity (Wildman–Crippen MR) is 73.9 cm³/mol. The van der Waals surface area contributed by atoms with Crippen LogP contribution < -0.4 is 10.9 Å². The normalized spacial score (nSPS) is 13.3. The molecule has 2 heterocycles. The second kappa shape index (κ2) is 5.99. The molecule has 6 nitrogen and oxygen atoms in total. The summed E-state index contributed by atoms with van der Waals surface area (Å²) in [6.07, 6.45) is 4.09. The molecule has 0 bridgehead atoms. The summed E-state index contributed by atoms with van der Waals surface area (Å²) in [5.74, 6) is 0.522. The van der Waals surface area contributed by atoms with E-state index in [-0.39, 0.29) is 18.2 Å². The van der Waals surface area contributed by atoms with Gasteiger partial charge in [0.25, 0.3) is 5.56 Å². The third-order valence-corrected chi connectivity index (χ3v) is 3.11. The van der Waals surface area contributed by atoms with Gasteiger partial charge < -0.3 is 20.4 Å². The lowest BCUT2D eigenvalue weighted by atomic mass is 10.0. The summed E-state index contributed by atoms with van der Waals surface area (Å²) in [4.78, 5) is 21.2. The molecule has 0 aliphatic carbocycles. The van der Waals surface area contributed by atoms with Gasteiger partial charge >= 0.3 is 0 Å². The summed E-state index contributed by atoms with van der Waals surface area (Å²) in [6, 6.07) is 0.0620. The maximum Gasteiger partial charge on any atom is 0.275 e. The number of aliphatic hydroxyl groups excluding tert-OH is 1. The van der Waals surface area contributed by atoms with E-state index in [2.05, 4.69) is 34.1 Å². The van der Waals surface area contributed by atoms with Crippen LogP contribution in [0.25, 0.3) is 11.0 Å². The monoisotopic (exact) mass is 264 g/mol. The molecular weight excluding hydrogens is 244 g/mol. The Kier molecular flexibility index (Phi) is 4.34. The number of hydrogen-bond acceptors (Lipinski definition) is 4. The van der Waals surface area contributed by atoms with Crippen molar-refractivity contribution in [2.75, 3.05) is 6.61 Å². The molecule has 0 amide bonds. The molecule has 0 fully saturated rings. The Morgan fingerprint density at radius 1 is 1.42 bits per heavy atom. The fraction of sp³-hybridized carbons (Fsp3) is 0.538. The molecule has 1 unspecified atom stereocenters. The fourth-order valence-corrected chi connectivity index (χ4v) is 2.19. The zero-order valence-corrected chi connectivity index (χ0v) is 11.2. The van der Waals surface area contributed by atoms with Crippen molar-refractivity contribution in [1.29, 1.82) is 0 Å². The lowest BCUT2D eigenvalue weighted by Crippen LogP contribution is -2.33. The highest BCUT2D eigenvalue weighted by Crippen LogP contribution is 2.12. The molecule has 0 spiro atoms. The predicted octanol–water partition coefficient (Wildman–Crippen LogP) is 0.748. The molecule has 2 aromatic rings. The third-order valence-electron chi connectivity index (χ3n) is 3.11. The molecule has 0 aliphatic rings. The van der Waals surface area contributed by atoms with Crippen LogP contribution in [0.1, 0.15) is 25.8 Å². The number of H-pyrrole nitrogens is 2. The second-order valence-electron chi connectivity index (χ2n) is 5.16. The lowest BCUT2D eigenvalue weighted by Gasteiger charge is -2.17. The first-order valence-electron chi connectivity index (χ1n) is 6.49. The van der Waals surface area contributed by atoms with Gasteiger partial charge in [-0.05, 0) is 12.3 Å². The third kappa shape index (κ3) is 3.21. The SMILES string of the molecule is CC(C)CC(CO)NCc1c[nH]c2c(=O)[nH]cnc12. The van der Waals surface area contributed by atoms with E-state index < -0.39 is 0 Å². The maximum absolute atomic E-state index is 11.5. The molecule has 4 N–H and O–H groups in total. The van der Waals surface area contributed by atoms with Crippen molar-refractivity contribution in [3.8, 4) is 0 Å². The van der Waals surface area contributed by atoms with Crippen LogP contribution in [0.5, 0.6) is 0 Å². The zero-order valence-electron chi connectivity index (χ0n) is 11.2.